The van der Waals surface area contributed by atoms with Crippen molar-refractivity contribution in [3.63, 3.8) is 0 Å². The maximum Gasteiger partial charge on any atom is 0.338 e. The van der Waals surface area contributed by atoms with Gasteiger partial charge in [-0.3, -0.25) is 4.57 Å². The minimum Gasteiger partial charge on any atom is -0.324 e. The summed E-state index contributed by atoms with van der Waals surface area (Å²) in [4.78, 5) is 8.42. The van der Waals surface area contributed by atoms with Crippen molar-refractivity contribution in [1.29, 1.82) is 0 Å². The SMILES string of the molecule is CCCC.CCP(=O)(O)OBr. The first-order valence-corrected chi connectivity index (χ1v) is 6.07. The van der Waals surface area contributed by atoms with Crippen LogP contribution in [-0.2, 0) is 8.18 Å². The fourth-order valence-electron chi connectivity index (χ4n) is 0.0488. The second-order valence-electron chi connectivity index (χ2n) is 2.02. The molecule has 0 aliphatic heterocycles. The van der Waals surface area contributed by atoms with Gasteiger partial charge < -0.3 is 4.89 Å². The lowest BCUT2D eigenvalue weighted by Crippen LogP contribution is -1.79. The van der Waals surface area contributed by atoms with Crippen LogP contribution in [0.3, 0.4) is 0 Å². The van der Waals surface area contributed by atoms with Gasteiger partial charge >= 0.3 is 7.60 Å². The zero-order valence-electron chi connectivity index (χ0n) is 7.21. The van der Waals surface area contributed by atoms with Crippen LogP contribution in [0.25, 0.3) is 0 Å². The van der Waals surface area contributed by atoms with E-state index in [1.807, 2.05) is 0 Å². The predicted octanol–water partition coefficient (Wildman–Crippen LogP) is 3.32. The summed E-state index contributed by atoms with van der Waals surface area (Å²) >= 11 is 2.42. The molecule has 11 heavy (non-hydrogen) atoms. The average molecular weight is 247 g/mol. The fourth-order valence-corrected chi connectivity index (χ4v) is 0.761. The Balaban J connectivity index is 0. The van der Waals surface area contributed by atoms with Gasteiger partial charge in [-0.2, -0.15) is 0 Å². The molecule has 5 heteroatoms. The lowest BCUT2D eigenvalue weighted by atomic mass is 10.4. The van der Waals surface area contributed by atoms with Crippen LogP contribution in [0, 0.1) is 0 Å². The van der Waals surface area contributed by atoms with Gasteiger partial charge in [-0.1, -0.05) is 33.6 Å². The highest BCUT2D eigenvalue weighted by molar-refractivity contribution is 9.06. The smallest absolute Gasteiger partial charge is 0.324 e. The molecule has 0 heterocycles. The molecule has 0 aromatic carbocycles. The fraction of sp³-hybridized carbons (Fsp3) is 1.00. The van der Waals surface area contributed by atoms with Gasteiger partial charge in [0.1, 0.15) is 16.3 Å². The summed E-state index contributed by atoms with van der Waals surface area (Å²) in [5, 5.41) is 0. The van der Waals surface area contributed by atoms with E-state index in [-0.39, 0.29) is 6.16 Å². The van der Waals surface area contributed by atoms with E-state index in [0.717, 1.165) is 0 Å². The average Bonchev–Trinajstić information content (AvgIpc) is 2.05. The van der Waals surface area contributed by atoms with Gasteiger partial charge in [0, 0.05) is 6.16 Å². The molecule has 0 saturated heterocycles. The molecule has 1 N–H and O–H groups in total. The van der Waals surface area contributed by atoms with Gasteiger partial charge in [0.2, 0.25) is 0 Å². The summed E-state index contributed by atoms with van der Waals surface area (Å²) in [6.07, 6.45) is 2.78. The van der Waals surface area contributed by atoms with Crippen molar-refractivity contribution in [2.24, 2.45) is 0 Å². The van der Waals surface area contributed by atoms with Gasteiger partial charge in [-0.25, -0.2) is 3.62 Å². The minimum absolute atomic E-state index is 0.137. The number of unbranched alkanes of at least 4 members (excludes halogenated alkanes) is 1. The van der Waals surface area contributed by atoms with E-state index < -0.39 is 7.60 Å². The summed E-state index contributed by atoms with van der Waals surface area (Å²) in [6, 6.07) is 0. The lowest BCUT2D eigenvalue weighted by Gasteiger charge is -1.99. The second kappa shape index (κ2) is 8.72. The molecular formula is C6H16BrO3P. The van der Waals surface area contributed by atoms with Gasteiger partial charge in [-0.15, -0.1) is 0 Å². The van der Waals surface area contributed by atoms with Gasteiger partial charge in [-0.05, 0) is 0 Å². The number of halogens is 1. The molecule has 1 atom stereocenters. The maximum atomic E-state index is 10.2. The third-order valence-electron chi connectivity index (χ3n) is 1.01. The highest BCUT2D eigenvalue weighted by Crippen LogP contribution is 2.42. The van der Waals surface area contributed by atoms with Crippen LogP contribution in [0.1, 0.15) is 33.6 Å². The first-order chi connectivity index (χ1) is 5.04. The molecule has 0 spiro atoms. The van der Waals surface area contributed by atoms with Crippen molar-refractivity contribution >= 4 is 23.9 Å². The number of hydrogen-bond donors (Lipinski definition) is 1. The van der Waals surface area contributed by atoms with Crippen molar-refractivity contribution in [1.82, 2.24) is 0 Å². The Morgan fingerprint density at radius 1 is 1.36 bits per heavy atom. The van der Waals surface area contributed by atoms with Crippen molar-refractivity contribution in [3.8, 4) is 0 Å². The van der Waals surface area contributed by atoms with E-state index in [0.29, 0.717) is 0 Å². The Bertz CT molecular complexity index is 108. The van der Waals surface area contributed by atoms with Crippen LogP contribution in [0.4, 0.5) is 0 Å². The Labute approximate surface area is 77.1 Å². The van der Waals surface area contributed by atoms with Crippen LogP contribution in [0.15, 0.2) is 0 Å². The molecule has 0 aliphatic rings. The van der Waals surface area contributed by atoms with Gasteiger partial charge in [0.15, 0.2) is 0 Å². The monoisotopic (exact) mass is 246 g/mol. The minimum atomic E-state index is -3.24. The first-order valence-electron chi connectivity index (χ1n) is 3.66. The summed E-state index contributed by atoms with van der Waals surface area (Å²) < 4.78 is 14.2. The molecule has 0 radical (unpaired) electrons. The highest BCUT2D eigenvalue weighted by atomic mass is 79.9. The van der Waals surface area contributed by atoms with Crippen molar-refractivity contribution in [2.75, 3.05) is 6.16 Å². The first kappa shape index (κ1) is 14.2. The van der Waals surface area contributed by atoms with E-state index in [9.17, 15) is 4.57 Å². The number of hydrogen-bond acceptors (Lipinski definition) is 2. The van der Waals surface area contributed by atoms with Crippen LogP contribution in [0.2, 0.25) is 0 Å². The maximum absolute atomic E-state index is 10.2. The van der Waals surface area contributed by atoms with Gasteiger partial charge in [0.05, 0.1) is 0 Å². The standard InChI is InChI=1S/C4H10.C2H6BrO3P/c1-3-4-2;1-2-7(4,5)6-3/h3-4H2,1-2H3;2H2,1H3,(H,4,5). The van der Waals surface area contributed by atoms with E-state index in [4.69, 9.17) is 4.89 Å². The molecule has 3 nitrogen and oxygen atoms in total. The molecule has 0 rings (SSSR count). The Morgan fingerprint density at radius 3 is 1.73 bits per heavy atom. The quantitative estimate of drug-likeness (QED) is 0.778. The summed E-state index contributed by atoms with van der Waals surface area (Å²) in [5.41, 5.74) is 0. The molecule has 1 unspecified atom stereocenters. The molecule has 0 aromatic rings. The predicted molar refractivity (Wildman–Crippen MR) is 51.0 cm³/mol. The number of rotatable bonds is 3. The molecule has 0 amide bonds. The molecular weight excluding hydrogens is 231 g/mol. The third-order valence-corrected chi connectivity index (χ3v) is 3.38. The Kier molecular flexibility index (Phi) is 11.2. The summed E-state index contributed by atoms with van der Waals surface area (Å²) in [5.74, 6) is 0. The van der Waals surface area contributed by atoms with Crippen LogP contribution in [0.5, 0.6) is 0 Å². The van der Waals surface area contributed by atoms with E-state index in [1.165, 1.54) is 12.8 Å². The summed E-state index contributed by atoms with van der Waals surface area (Å²) in [6.45, 7) is 5.93. The van der Waals surface area contributed by atoms with Crippen molar-refractivity contribution in [2.45, 2.75) is 33.6 Å². The topological polar surface area (TPSA) is 46.5 Å². The van der Waals surface area contributed by atoms with Gasteiger partial charge in [0.25, 0.3) is 0 Å². The van der Waals surface area contributed by atoms with Crippen molar-refractivity contribution < 1.29 is 13.1 Å². The normalized spacial score (nSPS) is 14.6. The molecule has 0 saturated carbocycles. The van der Waals surface area contributed by atoms with Crippen molar-refractivity contribution in [3.05, 3.63) is 0 Å². The molecule has 0 aromatic heterocycles. The zero-order chi connectivity index (χ0) is 9.33. The molecule has 0 fully saturated rings. The van der Waals surface area contributed by atoms with E-state index in [2.05, 4.69) is 33.7 Å². The summed E-state index contributed by atoms with van der Waals surface area (Å²) in [7, 11) is -3.24. The highest BCUT2D eigenvalue weighted by Gasteiger charge is 2.12. The lowest BCUT2D eigenvalue weighted by molar-refractivity contribution is 0.409. The Morgan fingerprint density at radius 2 is 1.73 bits per heavy atom. The van der Waals surface area contributed by atoms with Crippen LogP contribution >= 0.6 is 23.9 Å². The molecule has 70 valence electrons. The molecule has 0 aliphatic carbocycles. The second-order valence-corrected chi connectivity index (χ2v) is 4.94. The van der Waals surface area contributed by atoms with Crippen LogP contribution < -0.4 is 0 Å². The van der Waals surface area contributed by atoms with E-state index >= 15 is 0 Å². The molecule has 0 bridgehead atoms. The van der Waals surface area contributed by atoms with E-state index in [1.54, 1.807) is 6.92 Å². The van der Waals surface area contributed by atoms with Crippen LogP contribution in [-0.4, -0.2) is 11.1 Å². The zero-order valence-corrected chi connectivity index (χ0v) is 9.69. The Hall–Kier alpha value is 0.630. The third kappa shape index (κ3) is 13.6. The largest absolute Gasteiger partial charge is 0.338 e.